The molecule has 0 fully saturated rings. The average molecular weight is 214 g/mol. The maximum Gasteiger partial charge on any atom is 0.00178 e. The molecule has 0 nitrogen and oxygen atoms in total. The van der Waals surface area contributed by atoms with E-state index in [9.17, 15) is 0 Å². The van der Waals surface area contributed by atoms with E-state index in [0.717, 1.165) is 0 Å². The zero-order chi connectivity index (χ0) is 11.4. The molecule has 0 amide bonds. The maximum absolute atomic E-state index is 2.37. The van der Waals surface area contributed by atoms with Gasteiger partial charge in [0, 0.05) is 11.8 Å². The van der Waals surface area contributed by atoms with Crippen molar-refractivity contribution in [3.63, 3.8) is 0 Å². The predicted octanol–water partition coefficient (Wildman–Crippen LogP) is 4.67. The molecule has 0 bridgehead atoms. The fourth-order valence-electron chi connectivity index (χ4n) is 3.30. The van der Waals surface area contributed by atoms with Gasteiger partial charge in [0.05, 0.1) is 0 Å². The van der Waals surface area contributed by atoms with Crippen LogP contribution >= 0.6 is 0 Å². The van der Waals surface area contributed by atoms with Crippen LogP contribution in [0.1, 0.15) is 33.1 Å². The van der Waals surface area contributed by atoms with E-state index in [0.29, 0.717) is 17.3 Å². The first kappa shape index (κ1) is 11.4. The molecule has 0 aromatic rings. The van der Waals surface area contributed by atoms with Crippen LogP contribution in [0.2, 0.25) is 0 Å². The van der Waals surface area contributed by atoms with Crippen LogP contribution in [0.5, 0.6) is 0 Å². The summed E-state index contributed by atoms with van der Waals surface area (Å²) in [5.41, 5.74) is 0.405. The van der Waals surface area contributed by atoms with E-state index in [1.54, 1.807) is 0 Å². The molecule has 0 aromatic carbocycles. The van der Waals surface area contributed by atoms with Crippen molar-refractivity contribution < 1.29 is 0 Å². The number of hydrogen-bond donors (Lipinski definition) is 0. The van der Waals surface area contributed by atoms with Crippen molar-refractivity contribution >= 4 is 0 Å². The molecule has 0 heteroatoms. The van der Waals surface area contributed by atoms with Crippen molar-refractivity contribution in [1.29, 1.82) is 0 Å². The van der Waals surface area contributed by atoms with Gasteiger partial charge in [-0.05, 0) is 18.3 Å². The van der Waals surface area contributed by atoms with E-state index in [4.69, 9.17) is 0 Å². The second-order valence-electron chi connectivity index (χ2n) is 4.93. The van der Waals surface area contributed by atoms with E-state index < -0.39 is 0 Å². The van der Waals surface area contributed by atoms with Gasteiger partial charge in [0.25, 0.3) is 0 Å². The quantitative estimate of drug-likeness (QED) is 0.624. The molecule has 86 valence electrons. The molecule has 0 aliphatic heterocycles. The first-order valence-corrected chi connectivity index (χ1v) is 6.53. The minimum absolute atomic E-state index is 0.405. The Kier molecular flexibility index (Phi) is 3.48. The Bertz CT molecular complexity index is 289. The van der Waals surface area contributed by atoms with Crippen LogP contribution in [0, 0.1) is 17.3 Å². The summed E-state index contributed by atoms with van der Waals surface area (Å²) in [6.07, 6.45) is 22.1. The van der Waals surface area contributed by atoms with Gasteiger partial charge in [-0.3, -0.25) is 0 Å². The van der Waals surface area contributed by atoms with Crippen LogP contribution in [0.3, 0.4) is 0 Å². The van der Waals surface area contributed by atoms with Gasteiger partial charge >= 0.3 is 0 Å². The number of allylic oxidation sites excluding steroid dienone is 8. The molecule has 0 saturated carbocycles. The SMILES string of the molecule is CCCC(CC)(C1C=CC=C1)C1C=CC=C1. The Morgan fingerprint density at radius 3 is 1.56 bits per heavy atom. The molecule has 0 aromatic heterocycles. The van der Waals surface area contributed by atoms with Crippen LogP contribution in [0.15, 0.2) is 48.6 Å². The summed E-state index contributed by atoms with van der Waals surface area (Å²) in [6.45, 7) is 4.64. The van der Waals surface area contributed by atoms with Crippen LogP contribution in [-0.4, -0.2) is 0 Å². The topological polar surface area (TPSA) is 0 Å². The Morgan fingerprint density at radius 1 is 0.812 bits per heavy atom. The fourth-order valence-corrected chi connectivity index (χ4v) is 3.30. The van der Waals surface area contributed by atoms with E-state index in [2.05, 4.69) is 62.5 Å². The highest BCUT2D eigenvalue weighted by Gasteiger charge is 2.39. The zero-order valence-corrected chi connectivity index (χ0v) is 10.4. The number of rotatable bonds is 5. The van der Waals surface area contributed by atoms with Gasteiger partial charge in [0.1, 0.15) is 0 Å². The van der Waals surface area contributed by atoms with Crippen molar-refractivity contribution in [3.8, 4) is 0 Å². The van der Waals surface area contributed by atoms with Gasteiger partial charge in [-0.25, -0.2) is 0 Å². The summed E-state index contributed by atoms with van der Waals surface area (Å²) in [7, 11) is 0. The lowest BCUT2D eigenvalue weighted by molar-refractivity contribution is 0.159. The normalized spacial score (nSPS) is 20.4. The first-order valence-electron chi connectivity index (χ1n) is 6.53. The second kappa shape index (κ2) is 4.86. The summed E-state index contributed by atoms with van der Waals surface area (Å²) in [6, 6.07) is 0. The Balaban J connectivity index is 2.29. The summed E-state index contributed by atoms with van der Waals surface area (Å²) < 4.78 is 0. The van der Waals surface area contributed by atoms with Crippen molar-refractivity contribution in [2.45, 2.75) is 33.1 Å². The van der Waals surface area contributed by atoms with Gasteiger partial charge < -0.3 is 0 Å². The Hall–Kier alpha value is -1.04. The van der Waals surface area contributed by atoms with E-state index in [1.807, 2.05) is 0 Å². The average Bonchev–Trinajstić information content (AvgIpc) is 2.98. The second-order valence-corrected chi connectivity index (χ2v) is 4.93. The van der Waals surface area contributed by atoms with Gasteiger partial charge in [-0.15, -0.1) is 0 Å². The van der Waals surface area contributed by atoms with E-state index >= 15 is 0 Å². The largest absolute Gasteiger partial charge is 0.0770 e. The first-order chi connectivity index (χ1) is 7.83. The molecular formula is C16H22. The van der Waals surface area contributed by atoms with Gasteiger partial charge in [0.2, 0.25) is 0 Å². The molecule has 0 unspecified atom stereocenters. The highest BCUT2D eigenvalue weighted by atomic mass is 14.4. The molecule has 0 N–H and O–H groups in total. The smallest absolute Gasteiger partial charge is 0.00178 e. The highest BCUT2D eigenvalue weighted by Crippen LogP contribution is 2.48. The third kappa shape index (κ3) is 1.81. The van der Waals surface area contributed by atoms with Crippen LogP contribution in [-0.2, 0) is 0 Å². The number of hydrogen-bond acceptors (Lipinski definition) is 0. The van der Waals surface area contributed by atoms with E-state index in [-0.39, 0.29) is 0 Å². The molecular weight excluding hydrogens is 192 g/mol. The maximum atomic E-state index is 2.37. The summed E-state index contributed by atoms with van der Waals surface area (Å²) in [5.74, 6) is 1.24. The molecule has 16 heavy (non-hydrogen) atoms. The van der Waals surface area contributed by atoms with Crippen molar-refractivity contribution in [1.82, 2.24) is 0 Å². The van der Waals surface area contributed by atoms with Gasteiger partial charge in [-0.1, -0.05) is 68.9 Å². The van der Waals surface area contributed by atoms with Crippen molar-refractivity contribution in [2.75, 3.05) is 0 Å². The minimum atomic E-state index is 0.405. The minimum Gasteiger partial charge on any atom is -0.0770 e. The van der Waals surface area contributed by atoms with Gasteiger partial charge in [-0.2, -0.15) is 0 Å². The summed E-state index contributed by atoms with van der Waals surface area (Å²) in [5, 5.41) is 0. The molecule has 2 aliphatic rings. The van der Waals surface area contributed by atoms with Crippen molar-refractivity contribution in [2.24, 2.45) is 17.3 Å². The van der Waals surface area contributed by atoms with Crippen molar-refractivity contribution in [3.05, 3.63) is 48.6 Å². The lowest BCUT2D eigenvalue weighted by atomic mass is 9.63. The molecule has 2 rings (SSSR count). The lowest BCUT2D eigenvalue weighted by Crippen LogP contribution is -2.33. The fraction of sp³-hybridized carbons (Fsp3) is 0.500. The predicted molar refractivity (Wildman–Crippen MR) is 71.2 cm³/mol. The van der Waals surface area contributed by atoms with Crippen LogP contribution in [0.4, 0.5) is 0 Å². The van der Waals surface area contributed by atoms with Gasteiger partial charge in [0.15, 0.2) is 0 Å². The summed E-state index contributed by atoms with van der Waals surface area (Å²) in [4.78, 5) is 0. The zero-order valence-electron chi connectivity index (χ0n) is 10.4. The molecule has 0 atom stereocenters. The third-order valence-electron chi connectivity index (χ3n) is 4.20. The monoisotopic (exact) mass is 214 g/mol. The standard InChI is InChI=1S/C16H22/c1-3-13-16(4-2,14-9-5-6-10-14)15-11-7-8-12-15/h5-12,14-15H,3-4,13H2,1-2H3. The van der Waals surface area contributed by atoms with Crippen LogP contribution in [0.25, 0.3) is 0 Å². The molecule has 0 radical (unpaired) electrons. The highest BCUT2D eigenvalue weighted by molar-refractivity contribution is 5.28. The molecule has 0 saturated heterocycles. The molecule has 0 spiro atoms. The summed E-state index contributed by atoms with van der Waals surface area (Å²) >= 11 is 0. The van der Waals surface area contributed by atoms with Crippen LogP contribution < -0.4 is 0 Å². The lowest BCUT2D eigenvalue weighted by Gasteiger charge is -2.41. The van der Waals surface area contributed by atoms with E-state index in [1.165, 1.54) is 19.3 Å². The Labute approximate surface area is 99.4 Å². The molecule has 0 heterocycles. The third-order valence-corrected chi connectivity index (χ3v) is 4.20. The molecule has 2 aliphatic carbocycles. The Morgan fingerprint density at radius 2 is 1.25 bits per heavy atom.